The van der Waals surface area contributed by atoms with Gasteiger partial charge in [0.05, 0.1) is 5.54 Å². The molecule has 1 aliphatic rings. The summed E-state index contributed by atoms with van der Waals surface area (Å²) in [5, 5.41) is 0. The number of aromatic nitrogens is 2. The van der Waals surface area contributed by atoms with Crippen molar-refractivity contribution in [2.24, 2.45) is 5.73 Å². The van der Waals surface area contributed by atoms with Gasteiger partial charge in [0.25, 0.3) is 0 Å². The maximum absolute atomic E-state index is 6.08. The molecule has 0 aromatic carbocycles. The zero-order valence-electron chi connectivity index (χ0n) is 9.04. The molecule has 2 rings (SSSR count). The van der Waals surface area contributed by atoms with E-state index in [0.29, 0.717) is 5.92 Å². The van der Waals surface area contributed by atoms with Gasteiger partial charge in [-0.1, -0.05) is 13.8 Å². The highest BCUT2D eigenvalue weighted by atomic mass is 15.0. The van der Waals surface area contributed by atoms with Crippen molar-refractivity contribution in [2.75, 3.05) is 0 Å². The van der Waals surface area contributed by atoms with E-state index in [9.17, 15) is 0 Å². The Balaban J connectivity index is 2.42. The van der Waals surface area contributed by atoms with Crippen LogP contribution in [0.2, 0.25) is 0 Å². The van der Waals surface area contributed by atoms with E-state index in [1.807, 2.05) is 13.0 Å². The van der Waals surface area contributed by atoms with Gasteiger partial charge in [-0.3, -0.25) is 0 Å². The second kappa shape index (κ2) is 3.02. The van der Waals surface area contributed by atoms with Crippen molar-refractivity contribution in [1.82, 2.24) is 9.97 Å². The van der Waals surface area contributed by atoms with Crippen LogP contribution in [-0.2, 0) is 5.54 Å². The zero-order chi connectivity index (χ0) is 10.3. The van der Waals surface area contributed by atoms with E-state index >= 15 is 0 Å². The lowest BCUT2D eigenvalue weighted by atomic mass is 10.1. The van der Waals surface area contributed by atoms with Crippen LogP contribution < -0.4 is 5.73 Å². The molecule has 0 spiro atoms. The lowest BCUT2D eigenvalue weighted by Gasteiger charge is -2.12. The SMILES string of the molecule is Cc1cc(C(C)C)nc(C2(N)CC2)n1. The topological polar surface area (TPSA) is 51.8 Å². The fraction of sp³-hybridized carbons (Fsp3) is 0.636. The van der Waals surface area contributed by atoms with Gasteiger partial charge in [-0.25, -0.2) is 9.97 Å². The molecule has 1 heterocycles. The van der Waals surface area contributed by atoms with Gasteiger partial charge in [0.15, 0.2) is 0 Å². The Labute approximate surface area is 84.8 Å². The summed E-state index contributed by atoms with van der Waals surface area (Å²) in [6.45, 7) is 6.28. The predicted molar refractivity (Wildman–Crippen MR) is 56.0 cm³/mol. The van der Waals surface area contributed by atoms with Gasteiger partial charge in [-0.2, -0.15) is 0 Å². The molecular formula is C11H17N3. The maximum atomic E-state index is 6.08. The van der Waals surface area contributed by atoms with E-state index in [-0.39, 0.29) is 5.54 Å². The third-order valence-electron chi connectivity index (χ3n) is 2.70. The Hall–Kier alpha value is -0.960. The lowest BCUT2D eigenvalue weighted by Crippen LogP contribution is -2.23. The summed E-state index contributed by atoms with van der Waals surface area (Å²) in [7, 11) is 0. The predicted octanol–water partition coefficient (Wildman–Crippen LogP) is 1.86. The summed E-state index contributed by atoms with van der Waals surface area (Å²) < 4.78 is 0. The lowest BCUT2D eigenvalue weighted by molar-refractivity contribution is 0.649. The van der Waals surface area contributed by atoms with Crippen molar-refractivity contribution in [3.05, 3.63) is 23.3 Å². The van der Waals surface area contributed by atoms with Crippen LogP contribution in [0.1, 0.15) is 49.8 Å². The molecule has 1 saturated carbocycles. The number of hydrogen-bond acceptors (Lipinski definition) is 3. The summed E-state index contributed by atoms with van der Waals surface area (Å²) in [4.78, 5) is 8.94. The van der Waals surface area contributed by atoms with Crippen LogP contribution in [0.4, 0.5) is 0 Å². The molecule has 1 fully saturated rings. The first kappa shape index (κ1) is 9.59. The molecule has 0 atom stereocenters. The second-order valence-corrected chi connectivity index (χ2v) is 4.57. The summed E-state index contributed by atoms with van der Waals surface area (Å²) in [5.74, 6) is 1.28. The number of hydrogen-bond donors (Lipinski definition) is 1. The standard InChI is InChI=1S/C11H17N3/c1-7(2)9-6-8(3)13-10(14-9)11(12)4-5-11/h6-7H,4-5,12H2,1-3H3. The largest absolute Gasteiger partial charge is 0.319 e. The fourth-order valence-corrected chi connectivity index (χ4v) is 1.47. The van der Waals surface area contributed by atoms with Crippen molar-refractivity contribution < 1.29 is 0 Å². The summed E-state index contributed by atoms with van der Waals surface area (Å²) in [5.41, 5.74) is 7.99. The van der Waals surface area contributed by atoms with E-state index in [1.54, 1.807) is 0 Å². The van der Waals surface area contributed by atoms with Crippen molar-refractivity contribution >= 4 is 0 Å². The number of nitrogens with two attached hydrogens (primary N) is 1. The van der Waals surface area contributed by atoms with Crippen molar-refractivity contribution in [1.29, 1.82) is 0 Å². The Bertz CT molecular complexity index is 354. The smallest absolute Gasteiger partial charge is 0.148 e. The molecule has 0 radical (unpaired) electrons. The molecule has 0 unspecified atom stereocenters. The van der Waals surface area contributed by atoms with E-state index in [2.05, 4.69) is 23.8 Å². The van der Waals surface area contributed by atoms with Gasteiger partial charge in [0.2, 0.25) is 0 Å². The van der Waals surface area contributed by atoms with Crippen LogP contribution >= 0.6 is 0 Å². The first-order valence-corrected chi connectivity index (χ1v) is 5.16. The number of rotatable bonds is 2. The molecule has 0 saturated heterocycles. The van der Waals surface area contributed by atoms with Crippen molar-refractivity contribution in [2.45, 2.75) is 45.1 Å². The molecule has 3 nitrogen and oxygen atoms in total. The quantitative estimate of drug-likeness (QED) is 0.776. The van der Waals surface area contributed by atoms with Gasteiger partial charge >= 0.3 is 0 Å². The fourth-order valence-electron chi connectivity index (χ4n) is 1.47. The monoisotopic (exact) mass is 191 g/mol. The van der Waals surface area contributed by atoms with E-state index in [1.165, 1.54) is 0 Å². The van der Waals surface area contributed by atoms with Crippen LogP contribution in [0.5, 0.6) is 0 Å². The molecule has 0 bridgehead atoms. The summed E-state index contributed by atoms with van der Waals surface area (Å²) >= 11 is 0. The highest BCUT2D eigenvalue weighted by molar-refractivity contribution is 5.21. The van der Waals surface area contributed by atoms with Gasteiger partial charge in [0.1, 0.15) is 5.82 Å². The highest BCUT2D eigenvalue weighted by Crippen LogP contribution is 2.40. The van der Waals surface area contributed by atoms with Crippen LogP contribution in [0.15, 0.2) is 6.07 Å². The number of nitrogens with zero attached hydrogens (tertiary/aromatic N) is 2. The molecular weight excluding hydrogens is 174 g/mol. The van der Waals surface area contributed by atoms with Crippen LogP contribution in [0.25, 0.3) is 0 Å². The Morgan fingerprint density at radius 3 is 2.50 bits per heavy atom. The average Bonchev–Trinajstić information content (AvgIpc) is 2.84. The Morgan fingerprint density at radius 2 is 2.00 bits per heavy atom. The number of aryl methyl sites for hydroxylation is 1. The van der Waals surface area contributed by atoms with Crippen LogP contribution in [0.3, 0.4) is 0 Å². The Morgan fingerprint density at radius 1 is 1.36 bits per heavy atom. The van der Waals surface area contributed by atoms with Gasteiger partial charge in [-0.05, 0) is 31.7 Å². The molecule has 14 heavy (non-hydrogen) atoms. The van der Waals surface area contributed by atoms with Gasteiger partial charge in [0, 0.05) is 11.4 Å². The summed E-state index contributed by atoms with van der Waals surface area (Å²) in [6.07, 6.45) is 2.04. The minimum absolute atomic E-state index is 0.213. The molecule has 76 valence electrons. The maximum Gasteiger partial charge on any atom is 0.148 e. The molecule has 1 aliphatic carbocycles. The van der Waals surface area contributed by atoms with E-state index in [4.69, 9.17) is 5.73 Å². The normalized spacial score (nSPS) is 18.6. The second-order valence-electron chi connectivity index (χ2n) is 4.57. The minimum atomic E-state index is -0.213. The highest BCUT2D eigenvalue weighted by Gasteiger charge is 2.43. The molecule has 0 amide bonds. The minimum Gasteiger partial charge on any atom is -0.319 e. The molecule has 1 aromatic rings. The van der Waals surface area contributed by atoms with Crippen molar-refractivity contribution in [3.63, 3.8) is 0 Å². The van der Waals surface area contributed by atoms with Gasteiger partial charge in [-0.15, -0.1) is 0 Å². The molecule has 1 aromatic heterocycles. The van der Waals surface area contributed by atoms with Gasteiger partial charge < -0.3 is 5.73 Å². The molecule has 3 heteroatoms. The zero-order valence-corrected chi connectivity index (χ0v) is 9.04. The van der Waals surface area contributed by atoms with E-state index < -0.39 is 0 Å². The van der Waals surface area contributed by atoms with E-state index in [0.717, 1.165) is 30.1 Å². The van der Waals surface area contributed by atoms with Crippen molar-refractivity contribution in [3.8, 4) is 0 Å². The Kier molecular flexibility index (Phi) is 2.07. The average molecular weight is 191 g/mol. The van der Waals surface area contributed by atoms with Crippen LogP contribution in [0, 0.1) is 6.92 Å². The summed E-state index contributed by atoms with van der Waals surface area (Å²) in [6, 6.07) is 2.04. The third kappa shape index (κ3) is 1.64. The molecule has 2 N–H and O–H groups in total. The molecule has 0 aliphatic heterocycles. The van der Waals surface area contributed by atoms with Crippen LogP contribution in [-0.4, -0.2) is 9.97 Å². The third-order valence-corrected chi connectivity index (χ3v) is 2.70. The first-order chi connectivity index (χ1) is 6.51. The first-order valence-electron chi connectivity index (χ1n) is 5.16.